The monoisotopic (exact) mass is 357 g/mol. The second-order valence-corrected chi connectivity index (χ2v) is 7.83. The van der Waals surface area contributed by atoms with Gasteiger partial charge in [-0.1, -0.05) is 37.3 Å². The largest absolute Gasteiger partial charge is 0.301 e. The molecule has 25 heavy (non-hydrogen) atoms. The SMILES string of the molecule is CCc1ccc(C(CNS(=O)(=O)c2cccc(C#N)c2)N(C)C)cc1. The third-order valence-electron chi connectivity index (χ3n) is 4.14. The molecule has 0 aliphatic heterocycles. The Morgan fingerprint density at radius 1 is 1.16 bits per heavy atom. The number of nitrogens with zero attached hydrogens (tertiary/aromatic N) is 2. The maximum absolute atomic E-state index is 12.5. The lowest BCUT2D eigenvalue weighted by molar-refractivity contribution is 0.299. The Morgan fingerprint density at radius 2 is 1.84 bits per heavy atom. The van der Waals surface area contributed by atoms with E-state index < -0.39 is 10.0 Å². The molecule has 0 aliphatic carbocycles. The van der Waals surface area contributed by atoms with Crippen molar-refractivity contribution >= 4 is 10.0 Å². The van der Waals surface area contributed by atoms with E-state index >= 15 is 0 Å². The summed E-state index contributed by atoms with van der Waals surface area (Å²) >= 11 is 0. The second kappa shape index (κ2) is 8.26. The highest BCUT2D eigenvalue weighted by atomic mass is 32.2. The molecule has 0 aliphatic rings. The lowest BCUT2D eigenvalue weighted by Crippen LogP contribution is -2.34. The van der Waals surface area contributed by atoms with E-state index in [1.54, 1.807) is 12.1 Å². The molecule has 2 rings (SSSR count). The number of aryl methyl sites for hydroxylation is 1. The Hall–Kier alpha value is -2.20. The van der Waals surface area contributed by atoms with Gasteiger partial charge < -0.3 is 4.90 Å². The number of likely N-dealkylation sites (N-methyl/N-ethyl adjacent to an activating group) is 1. The fraction of sp³-hybridized carbons (Fsp3) is 0.316. The standard InChI is InChI=1S/C19H23N3O2S/c1-4-15-8-10-17(11-9-15)19(22(2)3)14-21-25(23,24)18-7-5-6-16(12-18)13-20/h5-12,19,21H,4,14H2,1-3H3. The van der Waals surface area contributed by atoms with Gasteiger partial charge in [0.1, 0.15) is 0 Å². The maximum atomic E-state index is 12.5. The molecule has 0 aromatic heterocycles. The first kappa shape index (κ1) is 19.1. The van der Waals surface area contributed by atoms with Gasteiger partial charge in [-0.15, -0.1) is 0 Å². The minimum atomic E-state index is -3.67. The van der Waals surface area contributed by atoms with Gasteiger partial charge in [-0.05, 0) is 49.8 Å². The molecule has 0 bridgehead atoms. The fourth-order valence-corrected chi connectivity index (χ4v) is 3.66. The highest BCUT2D eigenvalue weighted by Crippen LogP contribution is 2.19. The van der Waals surface area contributed by atoms with Gasteiger partial charge in [-0.3, -0.25) is 0 Å². The quantitative estimate of drug-likeness (QED) is 0.827. The Bertz CT molecular complexity index is 853. The van der Waals surface area contributed by atoms with Crippen LogP contribution in [0.1, 0.15) is 29.7 Å². The zero-order valence-corrected chi connectivity index (χ0v) is 15.5. The van der Waals surface area contributed by atoms with Crippen LogP contribution in [-0.2, 0) is 16.4 Å². The third-order valence-corrected chi connectivity index (χ3v) is 5.56. The Labute approximate surface area is 150 Å². The van der Waals surface area contributed by atoms with E-state index in [0.717, 1.165) is 12.0 Å². The lowest BCUT2D eigenvalue weighted by Gasteiger charge is -2.25. The van der Waals surface area contributed by atoms with Crippen molar-refractivity contribution in [2.24, 2.45) is 0 Å². The van der Waals surface area contributed by atoms with Gasteiger partial charge in [0.05, 0.1) is 16.5 Å². The minimum absolute atomic E-state index is 0.0835. The van der Waals surface area contributed by atoms with Crippen LogP contribution in [0.3, 0.4) is 0 Å². The maximum Gasteiger partial charge on any atom is 0.240 e. The van der Waals surface area contributed by atoms with Crippen LogP contribution >= 0.6 is 0 Å². The van der Waals surface area contributed by atoms with Crippen LogP contribution in [0.25, 0.3) is 0 Å². The molecule has 0 fully saturated rings. The van der Waals surface area contributed by atoms with Gasteiger partial charge in [-0.2, -0.15) is 5.26 Å². The second-order valence-electron chi connectivity index (χ2n) is 6.07. The molecule has 0 saturated carbocycles. The lowest BCUT2D eigenvalue weighted by atomic mass is 10.0. The highest BCUT2D eigenvalue weighted by Gasteiger charge is 2.20. The molecule has 0 amide bonds. The normalized spacial score (nSPS) is 12.8. The summed E-state index contributed by atoms with van der Waals surface area (Å²) in [5.74, 6) is 0. The summed E-state index contributed by atoms with van der Waals surface area (Å²) in [6.45, 7) is 2.35. The van der Waals surface area contributed by atoms with E-state index in [1.165, 1.54) is 17.7 Å². The van der Waals surface area contributed by atoms with Gasteiger partial charge in [0.2, 0.25) is 10.0 Å². The summed E-state index contributed by atoms with van der Waals surface area (Å²) in [6, 6.07) is 16.1. The summed E-state index contributed by atoms with van der Waals surface area (Å²) in [5.41, 5.74) is 2.62. The topological polar surface area (TPSA) is 73.2 Å². The summed E-state index contributed by atoms with van der Waals surface area (Å²) in [7, 11) is 0.169. The first-order valence-electron chi connectivity index (χ1n) is 8.12. The first-order valence-corrected chi connectivity index (χ1v) is 9.60. The number of hydrogen-bond donors (Lipinski definition) is 1. The highest BCUT2D eigenvalue weighted by molar-refractivity contribution is 7.89. The molecule has 0 heterocycles. The number of benzene rings is 2. The van der Waals surface area contributed by atoms with Crippen molar-refractivity contribution in [3.63, 3.8) is 0 Å². The summed E-state index contributed by atoms with van der Waals surface area (Å²) in [4.78, 5) is 2.08. The zero-order chi connectivity index (χ0) is 18.4. The molecule has 2 aromatic rings. The van der Waals surface area contributed by atoms with Gasteiger partial charge in [0, 0.05) is 12.6 Å². The van der Waals surface area contributed by atoms with E-state index in [-0.39, 0.29) is 17.5 Å². The predicted octanol–water partition coefficient (Wildman–Crippen LogP) is 2.70. The molecular weight excluding hydrogens is 334 g/mol. The number of hydrogen-bond acceptors (Lipinski definition) is 4. The average molecular weight is 357 g/mol. The average Bonchev–Trinajstić information content (AvgIpc) is 2.62. The van der Waals surface area contributed by atoms with E-state index in [4.69, 9.17) is 5.26 Å². The predicted molar refractivity (Wildman–Crippen MR) is 98.6 cm³/mol. The van der Waals surface area contributed by atoms with Gasteiger partial charge in [0.25, 0.3) is 0 Å². The first-order chi connectivity index (χ1) is 11.9. The Kier molecular flexibility index (Phi) is 6.32. The van der Waals surface area contributed by atoms with Gasteiger partial charge >= 0.3 is 0 Å². The Balaban J connectivity index is 2.18. The number of sulfonamides is 1. The van der Waals surface area contributed by atoms with Crippen molar-refractivity contribution in [1.29, 1.82) is 5.26 Å². The summed E-state index contributed by atoms with van der Waals surface area (Å²) in [6.07, 6.45) is 0.967. The van der Waals surface area contributed by atoms with Gasteiger partial charge in [-0.25, -0.2) is 13.1 Å². The number of rotatable bonds is 7. The summed E-state index contributed by atoms with van der Waals surface area (Å²) in [5, 5.41) is 8.94. The van der Waals surface area contributed by atoms with E-state index in [0.29, 0.717) is 5.56 Å². The van der Waals surface area contributed by atoms with Crippen LogP contribution < -0.4 is 4.72 Å². The molecule has 2 aromatic carbocycles. The van der Waals surface area contributed by atoms with Crippen LogP contribution in [0.4, 0.5) is 0 Å². The van der Waals surface area contributed by atoms with Crippen molar-refractivity contribution in [1.82, 2.24) is 9.62 Å². The smallest absolute Gasteiger partial charge is 0.240 e. The molecule has 0 spiro atoms. The molecule has 1 unspecified atom stereocenters. The van der Waals surface area contributed by atoms with Crippen molar-refractivity contribution in [2.45, 2.75) is 24.3 Å². The van der Waals surface area contributed by atoms with Crippen LogP contribution in [0.2, 0.25) is 0 Å². The molecular formula is C19H23N3O2S. The van der Waals surface area contributed by atoms with E-state index in [2.05, 4.69) is 23.8 Å². The molecule has 5 nitrogen and oxygen atoms in total. The molecule has 1 N–H and O–H groups in total. The zero-order valence-electron chi connectivity index (χ0n) is 14.7. The van der Waals surface area contributed by atoms with Crippen molar-refractivity contribution in [2.75, 3.05) is 20.6 Å². The van der Waals surface area contributed by atoms with E-state index in [1.807, 2.05) is 37.2 Å². The number of nitriles is 1. The third kappa shape index (κ3) is 4.89. The fourth-order valence-electron chi connectivity index (χ4n) is 2.58. The van der Waals surface area contributed by atoms with Crippen LogP contribution in [0, 0.1) is 11.3 Å². The van der Waals surface area contributed by atoms with Gasteiger partial charge in [0.15, 0.2) is 0 Å². The minimum Gasteiger partial charge on any atom is -0.301 e. The van der Waals surface area contributed by atoms with E-state index in [9.17, 15) is 8.42 Å². The van der Waals surface area contributed by atoms with Crippen LogP contribution in [0.15, 0.2) is 53.4 Å². The molecule has 132 valence electrons. The molecule has 1 atom stereocenters. The Morgan fingerprint density at radius 3 is 2.40 bits per heavy atom. The van der Waals surface area contributed by atoms with Crippen LogP contribution in [-0.4, -0.2) is 34.0 Å². The van der Waals surface area contributed by atoms with Crippen molar-refractivity contribution in [3.05, 3.63) is 65.2 Å². The van der Waals surface area contributed by atoms with Crippen LogP contribution in [0.5, 0.6) is 0 Å². The molecule has 0 saturated heterocycles. The molecule has 6 heteroatoms. The van der Waals surface area contributed by atoms with Crippen molar-refractivity contribution in [3.8, 4) is 6.07 Å². The number of nitrogens with one attached hydrogen (secondary N) is 1. The summed E-state index contributed by atoms with van der Waals surface area (Å²) < 4.78 is 27.7. The molecule has 0 radical (unpaired) electrons. The van der Waals surface area contributed by atoms with Crippen molar-refractivity contribution < 1.29 is 8.42 Å².